The van der Waals surface area contributed by atoms with Crippen LogP contribution in [0.15, 0.2) is 29.3 Å². The van der Waals surface area contributed by atoms with Crippen molar-refractivity contribution in [2.75, 3.05) is 20.2 Å². The first kappa shape index (κ1) is 20.1. The number of hydrogen-bond acceptors (Lipinski definition) is 2. The molecule has 0 saturated heterocycles. The van der Waals surface area contributed by atoms with E-state index in [0.717, 1.165) is 24.8 Å². The molecule has 0 bridgehead atoms. The number of guanidine groups is 1. The standard InChI is InChI=1S/C18H29N3O.HI/c1-4-19-18(21-15-9-5-6-10-15)20-13-14(2)16-11-7-8-12-17(16)22-3;/h7-8,11-12,14-15H,4-6,9-10,13H2,1-3H3,(H2,19,20,21);1H. The van der Waals surface area contributed by atoms with E-state index in [9.17, 15) is 0 Å². The first-order valence-corrected chi connectivity index (χ1v) is 8.42. The van der Waals surface area contributed by atoms with Gasteiger partial charge in [0.2, 0.25) is 0 Å². The lowest BCUT2D eigenvalue weighted by Gasteiger charge is -2.18. The third-order valence-electron chi connectivity index (χ3n) is 4.23. The van der Waals surface area contributed by atoms with Gasteiger partial charge in [0.25, 0.3) is 0 Å². The van der Waals surface area contributed by atoms with Gasteiger partial charge in [-0.3, -0.25) is 4.99 Å². The maximum Gasteiger partial charge on any atom is 0.191 e. The third kappa shape index (κ3) is 6.20. The molecule has 1 aliphatic carbocycles. The molecule has 23 heavy (non-hydrogen) atoms. The van der Waals surface area contributed by atoms with E-state index >= 15 is 0 Å². The summed E-state index contributed by atoms with van der Waals surface area (Å²) < 4.78 is 5.45. The minimum Gasteiger partial charge on any atom is -0.496 e. The van der Waals surface area contributed by atoms with E-state index in [-0.39, 0.29) is 24.0 Å². The molecule has 2 rings (SSSR count). The number of benzene rings is 1. The van der Waals surface area contributed by atoms with Gasteiger partial charge in [-0.1, -0.05) is 38.0 Å². The summed E-state index contributed by atoms with van der Waals surface area (Å²) in [5.74, 6) is 2.21. The minimum absolute atomic E-state index is 0. The van der Waals surface area contributed by atoms with Gasteiger partial charge in [-0.25, -0.2) is 0 Å². The van der Waals surface area contributed by atoms with Gasteiger partial charge in [-0.05, 0) is 31.4 Å². The fourth-order valence-electron chi connectivity index (χ4n) is 2.98. The largest absolute Gasteiger partial charge is 0.496 e. The van der Waals surface area contributed by atoms with Gasteiger partial charge in [-0.15, -0.1) is 24.0 Å². The Morgan fingerprint density at radius 1 is 1.30 bits per heavy atom. The van der Waals surface area contributed by atoms with E-state index in [1.54, 1.807) is 7.11 Å². The number of nitrogens with one attached hydrogen (secondary N) is 2. The Kier molecular flexibility index (Phi) is 9.36. The molecule has 1 atom stereocenters. The van der Waals surface area contributed by atoms with Crippen molar-refractivity contribution in [2.45, 2.75) is 51.5 Å². The van der Waals surface area contributed by atoms with Crippen LogP contribution in [0.4, 0.5) is 0 Å². The average Bonchev–Trinajstić information content (AvgIpc) is 3.05. The number of halogens is 1. The minimum atomic E-state index is 0. The second-order valence-corrected chi connectivity index (χ2v) is 5.99. The molecule has 1 aromatic carbocycles. The number of rotatable bonds is 6. The zero-order chi connectivity index (χ0) is 15.8. The summed E-state index contributed by atoms with van der Waals surface area (Å²) in [6, 6.07) is 8.78. The van der Waals surface area contributed by atoms with E-state index in [4.69, 9.17) is 9.73 Å². The van der Waals surface area contributed by atoms with Crippen molar-refractivity contribution in [3.63, 3.8) is 0 Å². The lowest BCUT2D eigenvalue weighted by atomic mass is 10.0. The first-order chi connectivity index (χ1) is 10.7. The maximum absolute atomic E-state index is 5.45. The second kappa shape index (κ2) is 10.7. The Morgan fingerprint density at radius 2 is 2.00 bits per heavy atom. The topological polar surface area (TPSA) is 45.7 Å². The van der Waals surface area contributed by atoms with Crippen LogP contribution in [0, 0.1) is 0 Å². The summed E-state index contributed by atoms with van der Waals surface area (Å²) in [5.41, 5.74) is 1.21. The van der Waals surface area contributed by atoms with Crippen LogP contribution < -0.4 is 15.4 Å². The van der Waals surface area contributed by atoms with Gasteiger partial charge in [0.15, 0.2) is 5.96 Å². The number of ether oxygens (including phenoxy) is 1. The van der Waals surface area contributed by atoms with Gasteiger partial charge in [0.05, 0.1) is 7.11 Å². The first-order valence-electron chi connectivity index (χ1n) is 8.42. The highest BCUT2D eigenvalue weighted by Gasteiger charge is 2.16. The van der Waals surface area contributed by atoms with Crippen LogP contribution >= 0.6 is 24.0 Å². The Hall–Kier alpha value is -0.980. The number of methoxy groups -OCH3 is 1. The van der Waals surface area contributed by atoms with Crippen LogP contribution in [0.1, 0.15) is 51.0 Å². The molecule has 130 valence electrons. The maximum atomic E-state index is 5.45. The lowest BCUT2D eigenvalue weighted by molar-refractivity contribution is 0.406. The molecule has 1 fully saturated rings. The molecule has 0 amide bonds. The molecule has 0 aromatic heterocycles. The van der Waals surface area contributed by atoms with Crippen LogP contribution in [-0.2, 0) is 0 Å². The quantitative estimate of drug-likeness (QED) is 0.408. The van der Waals surface area contributed by atoms with Gasteiger partial charge in [0, 0.05) is 25.0 Å². The van der Waals surface area contributed by atoms with Crippen LogP contribution in [-0.4, -0.2) is 32.2 Å². The van der Waals surface area contributed by atoms with Crippen molar-refractivity contribution in [2.24, 2.45) is 4.99 Å². The zero-order valence-electron chi connectivity index (χ0n) is 14.5. The van der Waals surface area contributed by atoms with E-state index in [0.29, 0.717) is 12.0 Å². The van der Waals surface area contributed by atoms with Crippen molar-refractivity contribution in [3.05, 3.63) is 29.8 Å². The highest BCUT2D eigenvalue weighted by molar-refractivity contribution is 14.0. The van der Waals surface area contributed by atoms with Crippen LogP contribution in [0.2, 0.25) is 0 Å². The Morgan fingerprint density at radius 3 is 2.65 bits per heavy atom. The Balaban J connectivity index is 0.00000264. The number of nitrogens with zero attached hydrogens (tertiary/aromatic N) is 1. The summed E-state index contributed by atoms with van der Waals surface area (Å²) in [4.78, 5) is 4.77. The average molecular weight is 431 g/mol. The van der Waals surface area contributed by atoms with Gasteiger partial charge < -0.3 is 15.4 Å². The molecule has 2 N–H and O–H groups in total. The van der Waals surface area contributed by atoms with Crippen LogP contribution in [0.5, 0.6) is 5.75 Å². The predicted octanol–water partition coefficient (Wildman–Crippen LogP) is 3.91. The van der Waals surface area contributed by atoms with Crippen molar-refractivity contribution >= 4 is 29.9 Å². The van der Waals surface area contributed by atoms with Crippen molar-refractivity contribution in [1.29, 1.82) is 0 Å². The molecular formula is C18H30IN3O. The van der Waals surface area contributed by atoms with Crippen molar-refractivity contribution < 1.29 is 4.74 Å². The Bertz CT molecular complexity index is 487. The summed E-state index contributed by atoms with van der Waals surface area (Å²) in [6.07, 6.45) is 5.17. The molecule has 1 unspecified atom stereocenters. The van der Waals surface area contributed by atoms with E-state index in [1.165, 1.54) is 31.2 Å². The molecular weight excluding hydrogens is 401 g/mol. The smallest absolute Gasteiger partial charge is 0.191 e. The molecule has 1 saturated carbocycles. The molecule has 1 aliphatic rings. The van der Waals surface area contributed by atoms with E-state index in [1.807, 2.05) is 12.1 Å². The number of hydrogen-bond donors (Lipinski definition) is 2. The Labute approximate surface area is 157 Å². The molecule has 5 heteroatoms. The summed E-state index contributed by atoms with van der Waals surface area (Å²) in [5, 5.41) is 6.91. The van der Waals surface area contributed by atoms with Gasteiger partial charge >= 0.3 is 0 Å². The molecule has 0 spiro atoms. The molecule has 0 heterocycles. The molecule has 0 aliphatic heterocycles. The highest BCUT2D eigenvalue weighted by atomic mass is 127. The summed E-state index contributed by atoms with van der Waals surface area (Å²) in [7, 11) is 1.72. The lowest BCUT2D eigenvalue weighted by Crippen LogP contribution is -2.42. The van der Waals surface area contributed by atoms with Crippen LogP contribution in [0.25, 0.3) is 0 Å². The van der Waals surface area contributed by atoms with Gasteiger partial charge in [0.1, 0.15) is 5.75 Å². The van der Waals surface area contributed by atoms with E-state index in [2.05, 4.69) is 36.6 Å². The van der Waals surface area contributed by atoms with E-state index < -0.39 is 0 Å². The van der Waals surface area contributed by atoms with Crippen LogP contribution in [0.3, 0.4) is 0 Å². The highest BCUT2D eigenvalue weighted by Crippen LogP contribution is 2.26. The molecule has 1 aromatic rings. The summed E-state index contributed by atoms with van der Waals surface area (Å²) >= 11 is 0. The summed E-state index contributed by atoms with van der Waals surface area (Å²) in [6.45, 7) is 5.94. The predicted molar refractivity (Wildman–Crippen MR) is 108 cm³/mol. The third-order valence-corrected chi connectivity index (χ3v) is 4.23. The number of aliphatic imine (C=N–C) groups is 1. The normalized spacial score (nSPS) is 16.6. The number of para-hydroxylation sites is 1. The fraction of sp³-hybridized carbons (Fsp3) is 0.611. The van der Waals surface area contributed by atoms with Crippen molar-refractivity contribution in [1.82, 2.24) is 10.6 Å². The van der Waals surface area contributed by atoms with Gasteiger partial charge in [-0.2, -0.15) is 0 Å². The zero-order valence-corrected chi connectivity index (χ0v) is 16.8. The fourth-order valence-corrected chi connectivity index (χ4v) is 2.98. The SMILES string of the molecule is CCNC(=NCC(C)c1ccccc1OC)NC1CCCC1.I. The monoisotopic (exact) mass is 431 g/mol. The molecule has 0 radical (unpaired) electrons. The molecule has 4 nitrogen and oxygen atoms in total. The van der Waals surface area contributed by atoms with Crippen molar-refractivity contribution in [3.8, 4) is 5.75 Å². The second-order valence-electron chi connectivity index (χ2n) is 5.99.